The lowest BCUT2D eigenvalue weighted by molar-refractivity contribution is 0.0130. The van der Waals surface area contributed by atoms with Gasteiger partial charge in [-0.15, -0.1) is 0 Å². The van der Waals surface area contributed by atoms with E-state index in [-0.39, 0.29) is 5.89 Å². The first-order chi connectivity index (χ1) is 7.66. The quantitative estimate of drug-likeness (QED) is 0.543. The molecule has 0 aromatic heterocycles. The molecule has 0 saturated heterocycles. The van der Waals surface area contributed by atoms with E-state index < -0.39 is 0 Å². The van der Waals surface area contributed by atoms with Crippen molar-refractivity contribution in [1.82, 2.24) is 0 Å². The van der Waals surface area contributed by atoms with Gasteiger partial charge in [-0.1, -0.05) is 32.6 Å². The minimum atomic E-state index is -0.0967. The van der Waals surface area contributed by atoms with Crippen molar-refractivity contribution in [2.45, 2.75) is 64.7 Å². The van der Waals surface area contributed by atoms with Crippen LogP contribution in [0.15, 0.2) is 0 Å². The molecule has 0 nitrogen and oxygen atoms in total. The van der Waals surface area contributed by atoms with Gasteiger partial charge in [0.2, 0.25) is 0 Å². The van der Waals surface area contributed by atoms with Crippen molar-refractivity contribution in [2.75, 3.05) is 0 Å². The zero-order chi connectivity index (χ0) is 11.2. The Kier molecular flexibility index (Phi) is 2.48. The molecule has 3 saturated carbocycles. The molecule has 5 atom stereocenters. The third kappa shape index (κ3) is 1.85. The molecule has 3 fully saturated rings. The lowest BCUT2D eigenvalue weighted by Gasteiger charge is -2.49. The number of hydrogen-bond acceptors (Lipinski definition) is 0. The summed E-state index contributed by atoms with van der Waals surface area (Å²) in [7, 11) is 0. The Bertz CT molecular complexity index is 258. The topological polar surface area (TPSA) is 0 Å². The highest BCUT2D eigenvalue weighted by Gasteiger charge is 2.42. The van der Waals surface area contributed by atoms with Crippen molar-refractivity contribution in [3.8, 4) is 0 Å². The zero-order valence-corrected chi connectivity index (χ0v) is 10.2. The molecule has 0 heteroatoms. The summed E-state index contributed by atoms with van der Waals surface area (Å²) in [4.78, 5) is 0. The maximum absolute atomic E-state index is 8.36. The largest absolute Gasteiger partial charge is 0.0625 e. The lowest BCUT2D eigenvalue weighted by Crippen LogP contribution is -2.39. The molecule has 0 N–H and O–H groups in total. The highest BCUT2D eigenvalue weighted by molar-refractivity contribution is 4.92. The maximum atomic E-state index is 8.36. The van der Waals surface area contributed by atoms with Crippen LogP contribution < -0.4 is 0 Å². The normalized spacial score (nSPS) is 56.5. The summed E-state index contributed by atoms with van der Waals surface area (Å²) >= 11 is 0. The minimum absolute atomic E-state index is 0.0967. The molecule has 0 amide bonds. The predicted octanol–water partition coefficient (Wildman–Crippen LogP) is 4.64. The van der Waals surface area contributed by atoms with E-state index in [1.807, 2.05) is 0 Å². The average molecular weight is 207 g/mol. The maximum Gasteiger partial charge on any atom is 0.0300 e. The minimum Gasteiger partial charge on any atom is -0.0625 e. The van der Waals surface area contributed by atoms with Gasteiger partial charge in [-0.25, -0.2) is 0 Å². The fraction of sp³-hybridized carbons (Fsp3) is 1.00. The Morgan fingerprint density at radius 3 is 2.33 bits per heavy atom. The van der Waals surface area contributed by atoms with Crippen molar-refractivity contribution < 1.29 is 1.37 Å². The van der Waals surface area contributed by atoms with Crippen molar-refractivity contribution in [1.29, 1.82) is 0 Å². The van der Waals surface area contributed by atoms with Crippen molar-refractivity contribution in [3.05, 3.63) is 0 Å². The first kappa shape index (κ1) is 9.07. The summed E-state index contributed by atoms with van der Waals surface area (Å²) in [6.45, 7) is 2.18. The molecule has 0 spiro atoms. The van der Waals surface area contributed by atoms with Gasteiger partial charge in [-0.3, -0.25) is 0 Å². The Morgan fingerprint density at radius 1 is 0.800 bits per heavy atom. The van der Waals surface area contributed by atoms with Gasteiger partial charge < -0.3 is 0 Å². The van der Waals surface area contributed by atoms with Crippen LogP contribution in [0.5, 0.6) is 0 Å². The summed E-state index contributed by atoms with van der Waals surface area (Å²) in [5.74, 6) is 3.88. The van der Waals surface area contributed by atoms with Crippen LogP contribution in [0.1, 0.15) is 66.1 Å². The molecular weight excluding hydrogens is 180 g/mol. The standard InChI is InChI=1S/C15H26/c1-11-6-7-13-9-8-12-4-2-3-5-14(12)15(13)10-11/h11-15H,2-10H2,1H3/t11-,12?,13?,14?,15?/m0/s1/i11D. The highest BCUT2D eigenvalue weighted by Crippen LogP contribution is 2.52. The van der Waals surface area contributed by atoms with Crippen LogP contribution >= 0.6 is 0 Å². The second-order valence-electron chi connectivity index (χ2n) is 6.41. The Morgan fingerprint density at radius 2 is 1.47 bits per heavy atom. The summed E-state index contributed by atoms with van der Waals surface area (Å²) in [5, 5.41) is 0. The van der Waals surface area contributed by atoms with E-state index in [1.165, 1.54) is 51.4 Å². The zero-order valence-electron chi connectivity index (χ0n) is 11.2. The van der Waals surface area contributed by atoms with Gasteiger partial charge in [0.15, 0.2) is 0 Å². The van der Waals surface area contributed by atoms with Crippen LogP contribution in [0.25, 0.3) is 0 Å². The van der Waals surface area contributed by atoms with Gasteiger partial charge >= 0.3 is 0 Å². The van der Waals surface area contributed by atoms with Gasteiger partial charge in [-0.2, -0.15) is 0 Å². The molecule has 0 aromatic carbocycles. The van der Waals surface area contributed by atoms with Gasteiger partial charge in [0.05, 0.1) is 0 Å². The SMILES string of the molecule is [2H][C@]1(C)CCC2CCC3CCCCC3C2C1. The van der Waals surface area contributed by atoms with E-state index in [9.17, 15) is 0 Å². The molecular formula is C15H26. The molecule has 0 aliphatic heterocycles. The first-order valence-electron chi connectivity index (χ1n) is 7.66. The lowest BCUT2D eigenvalue weighted by atomic mass is 9.56. The van der Waals surface area contributed by atoms with Crippen LogP contribution in [0, 0.1) is 29.6 Å². The van der Waals surface area contributed by atoms with Gasteiger partial charge in [-0.05, 0) is 61.7 Å². The monoisotopic (exact) mass is 207 g/mol. The molecule has 0 bridgehead atoms. The fourth-order valence-electron chi connectivity index (χ4n) is 4.76. The van der Waals surface area contributed by atoms with Crippen molar-refractivity contribution in [3.63, 3.8) is 0 Å². The summed E-state index contributed by atoms with van der Waals surface area (Å²) < 4.78 is 8.36. The third-order valence-electron chi connectivity index (χ3n) is 5.56. The summed E-state index contributed by atoms with van der Waals surface area (Å²) in [5.41, 5.74) is 0. The molecule has 3 rings (SSSR count). The van der Waals surface area contributed by atoms with Crippen LogP contribution in [0.3, 0.4) is 0 Å². The molecule has 15 heavy (non-hydrogen) atoms. The third-order valence-corrected chi connectivity index (χ3v) is 5.56. The molecule has 4 unspecified atom stereocenters. The van der Waals surface area contributed by atoms with E-state index in [2.05, 4.69) is 6.92 Å². The van der Waals surface area contributed by atoms with E-state index in [1.54, 1.807) is 0 Å². The number of fused-ring (bicyclic) bond motifs is 3. The first-order valence-corrected chi connectivity index (χ1v) is 7.16. The van der Waals surface area contributed by atoms with E-state index in [4.69, 9.17) is 1.37 Å². The highest BCUT2D eigenvalue weighted by atomic mass is 14.5. The molecule has 0 radical (unpaired) electrons. The Balaban J connectivity index is 1.77. The van der Waals surface area contributed by atoms with Gasteiger partial charge in [0.1, 0.15) is 0 Å². The summed E-state index contributed by atoms with van der Waals surface area (Å²) in [6, 6.07) is 0. The predicted molar refractivity (Wildman–Crippen MR) is 64.7 cm³/mol. The molecule has 0 aromatic rings. The van der Waals surface area contributed by atoms with Gasteiger partial charge in [0.25, 0.3) is 0 Å². The van der Waals surface area contributed by atoms with E-state index >= 15 is 0 Å². The molecule has 86 valence electrons. The second kappa shape index (κ2) is 4.11. The van der Waals surface area contributed by atoms with Crippen LogP contribution in [-0.4, -0.2) is 0 Å². The average Bonchev–Trinajstić information content (AvgIpc) is 2.28. The van der Waals surface area contributed by atoms with Crippen molar-refractivity contribution >= 4 is 0 Å². The Labute approximate surface area is 96.2 Å². The fourth-order valence-corrected chi connectivity index (χ4v) is 4.76. The molecule has 3 aliphatic rings. The number of hydrogen-bond donors (Lipinski definition) is 0. The van der Waals surface area contributed by atoms with Crippen molar-refractivity contribution in [2.24, 2.45) is 29.6 Å². The van der Waals surface area contributed by atoms with Gasteiger partial charge in [0, 0.05) is 1.37 Å². The van der Waals surface area contributed by atoms with E-state index in [0.717, 1.165) is 30.1 Å². The van der Waals surface area contributed by atoms with Crippen LogP contribution in [-0.2, 0) is 0 Å². The number of rotatable bonds is 0. The second-order valence-corrected chi connectivity index (χ2v) is 6.41. The molecule has 0 heterocycles. The van der Waals surface area contributed by atoms with Crippen LogP contribution in [0.2, 0.25) is 0 Å². The smallest absolute Gasteiger partial charge is 0.0300 e. The molecule has 3 aliphatic carbocycles. The summed E-state index contributed by atoms with van der Waals surface area (Å²) in [6.07, 6.45) is 12.7. The Hall–Kier alpha value is 0. The van der Waals surface area contributed by atoms with E-state index in [0.29, 0.717) is 0 Å². The van der Waals surface area contributed by atoms with Crippen LogP contribution in [0.4, 0.5) is 0 Å².